The number of nitrogens with two attached hydrogens (primary N) is 1. The van der Waals surface area contributed by atoms with Crippen molar-refractivity contribution in [3.63, 3.8) is 0 Å². The molecule has 0 radical (unpaired) electrons. The van der Waals surface area contributed by atoms with Gasteiger partial charge in [0.15, 0.2) is 0 Å². The summed E-state index contributed by atoms with van der Waals surface area (Å²) in [7, 11) is 1.89. The molecule has 0 bridgehead atoms. The summed E-state index contributed by atoms with van der Waals surface area (Å²) in [6, 6.07) is 7.49. The van der Waals surface area contributed by atoms with Crippen LogP contribution >= 0.6 is 0 Å². The van der Waals surface area contributed by atoms with E-state index in [-0.39, 0.29) is 18.4 Å². The number of hydrogen-bond donors (Lipinski definition) is 3. The predicted molar refractivity (Wildman–Crippen MR) is 125 cm³/mol. The van der Waals surface area contributed by atoms with Gasteiger partial charge >= 0.3 is 0 Å². The van der Waals surface area contributed by atoms with Gasteiger partial charge in [0.25, 0.3) is 0 Å². The van der Waals surface area contributed by atoms with E-state index in [4.69, 9.17) is 10.2 Å². The minimum absolute atomic E-state index is 0.0485. The molecule has 10 heteroatoms. The van der Waals surface area contributed by atoms with Gasteiger partial charge in [-0.2, -0.15) is 5.10 Å². The van der Waals surface area contributed by atoms with E-state index in [1.54, 1.807) is 24.5 Å². The first-order chi connectivity index (χ1) is 16.0. The minimum atomic E-state index is -0.282. The van der Waals surface area contributed by atoms with Crippen molar-refractivity contribution in [1.82, 2.24) is 19.7 Å². The third kappa shape index (κ3) is 4.24. The smallest absolute Gasteiger partial charge is 0.230 e. The van der Waals surface area contributed by atoms with Gasteiger partial charge in [-0.05, 0) is 37.1 Å². The van der Waals surface area contributed by atoms with Gasteiger partial charge in [-0.1, -0.05) is 0 Å². The highest BCUT2D eigenvalue weighted by Crippen LogP contribution is 2.33. The summed E-state index contributed by atoms with van der Waals surface area (Å²) >= 11 is 0. The summed E-state index contributed by atoms with van der Waals surface area (Å²) in [6.45, 7) is 1.43. The van der Waals surface area contributed by atoms with Crippen LogP contribution in [0, 0.1) is 0 Å². The average molecular weight is 447 g/mol. The molecule has 4 N–H and O–H groups in total. The van der Waals surface area contributed by atoms with Crippen LogP contribution in [0.25, 0.3) is 22.4 Å². The number of anilines is 3. The lowest BCUT2D eigenvalue weighted by atomic mass is 10.1. The van der Waals surface area contributed by atoms with Crippen LogP contribution in [0.3, 0.4) is 0 Å². The van der Waals surface area contributed by atoms with Crippen LogP contribution in [0.1, 0.15) is 18.5 Å². The first-order valence-electron chi connectivity index (χ1n) is 10.8. The summed E-state index contributed by atoms with van der Waals surface area (Å²) in [5, 5.41) is 18.2. The van der Waals surface area contributed by atoms with Crippen molar-refractivity contribution < 1.29 is 14.3 Å². The highest BCUT2D eigenvalue weighted by Gasteiger charge is 2.22. The largest absolute Gasteiger partial charge is 0.444 e. The van der Waals surface area contributed by atoms with Crippen LogP contribution in [0.5, 0.6) is 0 Å². The van der Waals surface area contributed by atoms with Gasteiger partial charge in [0.2, 0.25) is 11.8 Å². The van der Waals surface area contributed by atoms with Crippen molar-refractivity contribution in [2.24, 2.45) is 7.05 Å². The monoisotopic (exact) mass is 447 g/mol. The molecule has 1 aromatic carbocycles. The lowest BCUT2D eigenvalue weighted by molar-refractivity contribution is -0.115. The van der Waals surface area contributed by atoms with Gasteiger partial charge in [-0.25, -0.2) is 9.97 Å². The zero-order valence-corrected chi connectivity index (χ0v) is 18.2. The summed E-state index contributed by atoms with van der Waals surface area (Å²) in [6.07, 6.45) is 5.97. The number of oxazole rings is 1. The van der Waals surface area contributed by atoms with Crippen LogP contribution in [0.4, 0.5) is 17.2 Å². The second-order valence-corrected chi connectivity index (χ2v) is 8.22. The van der Waals surface area contributed by atoms with E-state index in [1.165, 1.54) is 6.26 Å². The Morgan fingerprint density at radius 1 is 1.33 bits per heavy atom. The van der Waals surface area contributed by atoms with Crippen LogP contribution in [-0.4, -0.2) is 50.0 Å². The van der Waals surface area contributed by atoms with E-state index >= 15 is 0 Å². The van der Waals surface area contributed by atoms with Crippen LogP contribution < -0.4 is 16.0 Å². The normalized spacial score (nSPS) is 14.7. The summed E-state index contributed by atoms with van der Waals surface area (Å²) < 4.78 is 7.33. The zero-order valence-electron chi connectivity index (χ0n) is 18.2. The lowest BCUT2D eigenvalue weighted by Crippen LogP contribution is -2.36. The van der Waals surface area contributed by atoms with Crippen molar-refractivity contribution in [1.29, 1.82) is 0 Å². The molecule has 4 aromatic rings. The molecule has 170 valence electrons. The van der Waals surface area contributed by atoms with Gasteiger partial charge in [-0.15, -0.1) is 0 Å². The number of piperidine rings is 1. The number of fused-ring (bicyclic) bond motifs is 1. The van der Waals surface area contributed by atoms with Gasteiger partial charge in [0, 0.05) is 31.7 Å². The molecule has 1 aliphatic heterocycles. The number of hydrogen-bond acceptors (Lipinski definition) is 8. The fourth-order valence-corrected chi connectivity index (χ4v) is 4.13. The topological polar surface area (TPSA) is 135 Å². The Kier molecular flexibility index (Phi) is 5.43. The number of aryl methyl sites for hydroxylation is 1. The molecule has 5 rings (SSSR count). The number of nitrogens with one attached hydrogen (secondary N) is 1. The van der Waals surface area contributed by atoms with Crippen molar-refractivity contribution in [3.05, 3.63) is 48.6 Å². The van der Waals surface area contributed by atoms with Gasteiger partial charge in [-0.3, -0.25) is 9.48 Å². The molecular formula is C23H25N7O3. The number of carbonyl (C=O) groups excluding carboxylic acids is 1. The fraction of sp³-hybridized carbons (Fsp3) is 0.304. The van der Waals surface area contributed by atoms with E-state index in [0.29, 0.717) is 54.6 Å². The Bertz CT molecular complexity index is 1300. The van der Waals surface area contributed by atoms with Crippen molar-refractivity contribution in [2.45, 2.75) is 25.4 Å². The average Bonchev–Trinajstić information content (AvgIpc) is 3.40. The number of nitrogen functional groups attached to an aromatic ring is 1. The van der Waals surface area contributed by atoms with Crippen LogP contribution in [0.15, 0.2) is 47.3 Å². The molecule has 10 nitrogen and oxygen atoms in total. The Hall–Kier alpha value is -3.92. The maximum atomic E-state index is 12.9. The molecule has 33 heavy (non-hydrogen) atoms. The number of amides is 1. The quantitative estimate of drug-likeness (QED) is 0.424. The fourth-order valence-electron chi connectivity index (χ4n) is 4.13. The number of aliphatic hydroxyl groups is 1. The Morgan fingerprint density at radius 3 is 2.94 bits per heavy atom. The van der Waals surface area contributed by atoms with Crippen LogP contribution in [-0.2, 0) is 18.3 Å². The molecule has 0 spiro atoms. The molecule has 3 aromatic heterocycles. The predicted octanol–water partition coefficient (Wildman–Crippen LogP) is 2.35. The first-order valence-corrected chi connectivity index (χ1v) is 10.8. The molecule has 0 saturated carbocycles. The summed E-state index contributed by atoms with van der Waals surface area (Å²) in [5.74, 6) is 0.430. The van der Waals surface area contributed by atoms with Gasteiger partial charge in [0.1, 0.15) is 12.1 Å². The Balaban J connectivity index is 1.38. The number of benzene rings is 1. The molecule has 1 amide bonds. The van der Waals surface area contributed by atoms with Crippen molar-refractivity contribution in [3.8, 4) is 11.5 Å². The third-order valence-electron chi connectivity index (χ3n) is 5.91. The first kappa shape index (κ1) is 21.0. The molecule has 1 aliphatic rings. The molecule has 0 aliphatic carbocycles. The number of nitrogens with zero attached hydrogens (tertiary/aromatic N) is 5. The summed E-state index contributed by atoms with van der Waals surface area (Å²) in [5.41, 5.74) is 9.57. The minimum Gasteiger partial charge on any atom is -0.444 e. The zero-order chi connectivity index (χ0) is 22.9. The summed E-state index contributed by atoms with van der Waals surface area (Å²) in [4.78, 5) is 23.5. The Morgan fingerprint density at radius 2 is 2.15 bits per heavy atom. The van der Waals surface area contributed by atoms with E-state index < -0.39 is 0 Å². The highest BCUT2D eigenvalue weighted by atomic mass is 16.3. The van der Waals surface area contributed by atoms with Crippen molar-refractivity contribution in [2.75, 3.05) is 29.0 Å². The standard InChI is InChI=1S/C23H25N7O3/c1-29-19-11-20(30-7-4-16(31)5-8-30)18(9-14(19)12-26-29)28-21(32)10-15-13-33-23(27-15)17-3-2-6-25-22(17)24/h2-3,6,9,11-13,16,31H,4-5,7-8,10H2,1H3,(H2,24,25)(H,28,32). The second-order valence-electron chi connectivity index (χ2n) is 8.22. The van der Waals surface area contributed by atoms with Crippen LogP contribution in [0.2, 0.25) is 0 Å². The Labute approximate surface area is 190 Å². The molecule has 1 saturated heterocycles. The molecule has 0 unspecified atom stereocenters. The third-order valence-corrected chi connectivity index (χ3v) is 5.91. The number of pyridine rings is 1. The lowest BCUT2D eigenvalue weighted by Gasteiger charge is -2.33. The number of rotatable bonds is 5. The molecular weight excluding hydrogens is 422 g/mol. The number of aliphatic hydroxyl groups excluding tert-OH is 1. The van der Waals surface area contributed by atoms with E-state index in [2.05, 4.69) is 25.3 Å². The van der Waals surface area contributed by atoms with Gasteiger partial charge in [0.05, 0.1) is 46.9 Å². The number of carbonyl (C=O) groups is 1. The molecule has 4 heterocycles. The second kappa shape index (κ2) is 8.55. The maximum Gasteiger partial charge on any atom is 0.230 e. The maximum absolute atomic E-state index is 12.9. The van der Waals surface area contributed by atoms with E-state index in [1.807, 2.05) is 23.9 Å². The van der Waals surface area contributed by atoms with Crippen molar-refractivity contribution >= 4 is 34.0 Å². The SMILES string of the molecule is Cn1ncc2cc(NC(=O)Cc3coc(-c4cccnc4N)n3)c(N3CCC(O)CC3)cc21. The van der Waals surface area contributed by atoms with E-state index in [9.17, 15) is 9.90 Å². The van der Waals surface area contributed by atoms with E-state index in [0.717, 1.165) is 16.6 Å². The highest BCUT2D eigenvalue weighted by molar-refractivity contribution is 5.99. The molecule has 0 atom stereocenters. The molecule has 1 fully saturated rings. The van der Waals surface area contributed by atoms with Gasteiger partial charge < -0.3 is 25.5 Å². The number of aromatic nitrogens is 4.